The van der Waals surface area contributed by atoms with Crippen molar-refractivity contribution in [3.05, 3.63) is 112 Å². The Hall–Kier alpha value is -6.35. The van der Waals surface area contributed by atoms with E-state index in [-0.39, 0.29) is 36.9 Å². The number of nitrogens with one attached hydrogen (secondary N) is 3. The van der Waals surface area contributed by atoms with Crippen molar-refractivity contribution in [2.75, 3.05) is 20.3 Å². The van der Waals surface area contributed by atoms with E-state index in [1.807, 2.05) is 48.5 Å². The average molecular weight is 648 g/mol. The molecule has 5 rings (SSSR count). The largest absolute Gasteiger partial charge is 0.493 e. The van der Waals surface area contributed by atoms with Crippen LogP contribution in [0.1, 0.15) is 42.1 Å². The van der Waals surface area contributed by atoms with Gasteiger partial charge in [-0.3, -0.25) is 4.79 Å². The number of rotatable bonds is 12. The minimum atomic E-state index is -0.789. The minimum absolute atomic E-state index is 0.174. The summed E-state index contributed by atoms with van der Waals surface area (Å²) < 4.78 is 22.5. The quantitative estimate of drug-likeness (QED) is 0.110. The molecule has 0 saturated heterocycles. The number of allylic oxidation sites excluding steroid dienone is 1. The van der Waals surface area contributed by atoms with E-state index in [9.17, 15) is 19.6 Å². The van der Waals surface area contributed by atoms with E-state index >= 15 is 0 Å². The number of nitriles is 1. The summed E-state index contributed by atoms with van der Waals surface area (Å²) in [6.45, 7) is 3.29. The lowest BCUT2D eigenvalue weighted by Crippen LogP contribution is -2.45. The van der Waals surface area contributed by atoms with Crippen LogP contribution in [0.3, 0.4) is 0 Å². The number of nitrogens with zero attached hydrogens (tertiary/aromatic N) is 2. The Kier molecular flexibility index (Phi) is 10.5. The fourth-order valence-corrected chi connectivity index (χ4v) is 5.20. The number of ether oxygens (including phenoxy) is 4. The topological polar surface area (TPSA) is 160 Å². The maximum Gasteiger partial charge on any atom is 0.338 e. The number of esters is 1. The summed E-state index contributed by atoms with van der Waals surface area (Å²) >= 11 is 0. The van der Waals surface area contributed by atoms with Crippen LogP contribution in [0.25, 0.3) is 10.8 Å². The minimum Gasteiger partial charge on any atom is -0.493 e. The molecule has 12 nitrogen and oxygen atoms in total. The van der Waals surface area contributed by atoms with Gasteiger partial charge in [-0.2, -0.15) is 10.4 Å². The molecule has 0 radical (unpaired) electrons. The van der Waals surface area contributed by atoms with E-state index < -0.39 is 23.9 Å². The molecule has 0 aliphatic carbocycles. The second kappa shape index (κ2) is 15.3. The van der Waals surface area contributed by atoms with Gasteiger partial charge >= 0.3 is 12.0 Å². The molecule has 1 aliphatic heterocycles. The van der Waals surface area contributed by atoms with Gasteiger partial charge in [0.05, 0.1) is 43.2 Å². The van der Waals surface area contributed by atoms with Crippen LogP contribution >= 0.6 is 0 Å². The first-order chi connectivity index (χ1) is 23.3. The summed E-state index contributed by atoms with van der Waals surface area (Å²) in [7, 11) is 1.44. The highest BCUT2D eigenvalue weighted by Crippen LogP contribution is 2.35. The summed E-state index contributed by atoms with van der Waals surface area (Å²) in [6, 6.07) is 24.4. The van der Waals surface area contributed by atoms with Gasteiger partial charge < -0.3 is 29.6 Å². The van der Waals surface area contributed by atoms with Crippen LogP contribution in [0.4, 0.5) is 4.79 Å². The highest BCUT2D eigenvalue weighted by molar-refractivity contribution is 6.02. The van der Waals surface area contributed by atoms with Crippen molar-refractivity contribution in [3.63, 3.8) is 0 Å². The number of carbonyl (C=O) groups is 3. The fourth-order valence-electron chi connectivity index (χ4n) is 5.20. The van der Waals surface area contributed by atoms with Gasteiger partial charge in [0, 0.05) is 16.8 Å². The molecule has 3 N–H and O–H groups in total. The third kappa shape index (κ3) is 7.54. The van der Waals surface area contributed by atoms with Crippen LogP contribution in [0.5, 0.6) is 17.2 Å². The Balaban J connectivity index is 1.27. The zero-order valence-corrected chi connectivity index (χ0v) is 26.5. The first kappa shape index (κ1) is 33.0. The summed E-state index contributed by atoms with van der Waals surface area (Å²) in [5.41, 5.74) is 5.59. The van der Waals surface area contributed by atoms with E-state index in [0.717, 1.165) is 16.3 Å². The highest BCUT2D eigenvalue weighted by Gasteiger charge is 2.32. The molecule has 0 unspecified atom stereocenters. The van der Waals surface area contributed by atoms with Gasteiger partial charge in [-0.1, -0.05) is 54.6 Å². The van der Waals surface area contributed by atoms with Gasteiger partial charge in [0.25, 0.3) is 5.91 Å². The third-order valence-corrected chi connectivity index (χ3v) is 7.48. The van der Waals surface area contributed by atoms with Gasteiger partial charge in [0.2, 0.25) is 0 Å². The molecule has 4 aromatic rings. The maximum atomic E-state index is 12.7. The zero-order chi connectivity index (χ0) is 34.0. The molecule has 0 bridgehead atoms. The Morgan fingerprint density at radius 3 is 2.56 bits per heavy atom. The summed E-state index contributed by atoms with van der Waals surface area (Å²) in [5.74, 6) is -0.0108. The van der Waals surface area contributed by atoms with Crippen molar-refractivity contribution < 1.29 is 33.3 Å². The second-order valence-corrected chi connectivity index (χ2v) is 10.5. The normalized spacial score (nSPS) is 14.1. The molecule has 244 valence electrons. The lowest BCUT2D eigenvalue weighted by molar-refractivity contribution is -0.139. The number of methoxy groups -OCH3 is 1. The number of carbonyl (C=O) groups excluding carboxylic acids is 3. The monoisotopic (exact) mass is 647 g/mol. The van der Waals surface area contributed by atoms with Crippen LogP contribution in [-0.4, -0.2) is 44.4 Å². The van der Waals surface area contributed by atoms with Gasteiger partial charge in [-0.05, 0) is 54.4 Å². The molecule has 1 aliphatic rings. The first-order valence-electron chi connectivity index (χ1n) is 15.0. The smallest absolute Gasteiger partial charge is 0.338 e. The van der Waals surface area contributed by atoms with E-state index in [4.69, 9.17) is 18.9 Å². The number of urea groups is 1. The molecular weight excluding hydrogens is 614 g/mol. The molecule has 3 amide bonds. The van der Waals surface area contributed by atoms with Gasteiger partial charge in [-0.25, -0.2) is 15.0 Å². The van der Waals surface area contributed by atoms with Gasteiger partial charge in [-0.15, -0.1) is 0 Å². The third-order valence-electron chi connectivity index (χ3n) is 7.48. The predicted molar refractivity (Wildman–Crippen MR) is 177 cm³/mol. The maximum absolute atomic E-state index is 12.7. The van der Waals surface area contributed by atoms with Crippen LogP contribution in [0.2, 0.25) is 0 Å². The predicted octanol–water partition coefficient (Wildman–Crippen LogP) is 5.02. The Morgan fingerprint density at radius 2 is 1.77 bits per heavy atom. The van der Waals surface area contributed by atoms with Crippen molar-refractivity contribution in [1.29, 1.82) is 5.26 Å². The highest BCUT2D eigenvalue weighted by atomic mass is 16.5. The molecular formula is C36H33N5O7. The van der Waals surface area contributed by atoms with Crippen molar-refractivity contribution >= 4 is 34.9 Å². The van der Waals surface area contributed by atoms with Crippen LogP contribution in [0, 0.1) is 11.3 Å². The average Bonchev–Trinajstić information content (AvgIpc) is 3.09. The van der Waals surface area contributed by atoms with Crippen LogP contribution < -0.4 is 30.3 Å². The fraction of sp³-hybridized carbons (Fsp3) is 0.194. The van der Waals surface area contributed by atoms with Gasteiger partial charge in [0.15, 0.2) is 18.1 Å². The molecule has 0 fully saturated rings. The van der Waals surface area contributed by atoms with Crippen molar-refractivity contribution in [2.45, 2.75) is 26.5 Å². The molecule has 0 aromatic heterocycles. The summed E-state index contributed by atoms with van der Waals surface area (Å²) in [6.07, 6.45) is 1.51. The molecule has 1 atom stereocenters. The number of hydrazone groups is 1. The molecule has 1 heterocycles. The second-order valence-electron chi connectivity index (χ2n) is 10.5. The standard InChI is InChI=1S/C36H33N5O7/c1-4-46-35(43)33-22(2)39-36(44)40-34(33)24-14-16-30(31(17-24)45-3)48-21-32(42)41-38-19-28-27-12-8-7-9-23(27)13-15-29(28)47-20-26-11-6-5-10-25(26)18-37/h5-17,19,34H,4,20-21H2,1-3H3,(H,41,42)(H2,39,40,44)/b38-19+/t34-/m0/s1. The van der Waals surface area contributed by atoms with Crippen molar-refractivity contribution in [1.82, 2.24) is 16.1 Å². The summed E-state index contributed by atoms with van der Waals surface area (Å²) in [4.78, 5) is 37.6. The van der Waals surface area contributed by atoms with E-state index in [0.29, 0.717) is 28.1 Å². The molecule has 0 spiro atoms. The lowest BCUT2D eigenvalue weighted by atomic mass is 9.95. The Morgan fingerprint density at radius 1 is 1.00 bits per heavy atom. The number of benzene rings is 4. The molecule has 0 saturated carbocycles. The molecule has 48 heavy (non-hydrogen) atoms. The zero-order valence-electron chi connectivity index (χ0n) is 26.5. The van der Waals surface area contributed by atoms with Crippen molar-refractivity contribution in [2.24, 2.45) is 5.10 Å². The van der Waals surface area contributed by atoms with Crippen LogP contribution in [-0.2, 0) is 20.9 Å². The van der Waals surface area contributed by atoms with E-state index in [2.05, 4.69) is 27.2 Å². The van der Waals surface area contributed by atoms with E-state index in [1.165, 1.54) is 13.3 Å². The van der Waals surface area contributed by atoms with Gasteiger partial charge in [0.1, 0.15) is 12.4 Å². The number of amides is 3. The first-order valence-corrected chi connectivity index (χ1v) is 15.0. The summed E-state index contributed by atoms with van der Waals surface area (Å²) in [5, 5.41) is 20.8. The molecule has 12 heteroatoms. The number of hydrogen-bond donors (Lipinski definition) is 3. The van der Waals surface area contributed by atoms with Crippen molar-refractivity contribution in [3.8, 4) is 23.3 Å². The SMILES string of the molecule is CCOC(=O)C1=C(C)NC(=O)N[C@H]1c1ccc(OCC(=O)N/N=C/c2c(OCc3ccccc3C#N)ccc3ccccc23)c(OC)c1. The van der Waals surface area contributed by atoms with Crippen LogP contribution in [0.15, 0.2) is 95.2 Å². The van der Waals surface area contributed by atoms with E-state index in [1.54, 1.807) is 44.2 Å². The Labute approximate surface area is 276 Å². The molecule has 4 aromatic carbocycles. The number of hydrogen-bond acceptors (Lipinski definition) is 9. The number of fused-ring (bicyclic) bond motifs is 1. The lowest BCUT2D eigenvalue weighted by Gasteiger charge is -2.28. The Bertz CT molecular complexity index is 1960.